The number of carbonyl (C=O) groups excluding carboxylic acids is 1. The first-order valence-corrected chi connectivity index (χ1v) is 12.3. The number of nitrogens with zero attached hydrogens (tertiary/aromatic N) is 5. The summed E-state index contributed by atoms with van der Waals surface area (Å²) < 4.78 is 33.1. The highest BCUT2D eigenvalue weighted by molar-refractivity contribution is 8.14. The predicted molar refractivity (Wildman–Crippen MR) is 138 cm³/mol. The topological polar surface area (TPSA) is 108 Å². The summed E-state index contributed by atoms with van der Waals surface area (Å²) in [6.07, 6.45) is 6.99. The average Bonchev–Trinajstić information content (AvgIpc) is 3.63. The number of amidine groups is 1. The van der Waals surface area contributed by atoms with E-state index in [1.807, 2.05) is 12.1 Å². The Morgan fingerprint density at radius 3 is 2.78 bits per heavy atom. The number of alkyl halides is 2. The number of thioether (sulfide) groups is 1. The summed E-state index contributed by atoms with van der Waals surface area (Å²) in [5, 5.41) is 9.85. The van der Waals surface area contributed by atoms with Gasteiger partial charge in [0.05, 0.1) is 24.1 Å². The van der Waals surface area contributed by atoms with Crippen LogP contribution in [0.25, 0.3) is 11.3 Å². The third-order valence-corrected chi connectivity index (χ3v) is 7.44. The van der Waals surface area contributed by atoms with Gasteiger partial charge in [0.2, 0.25) is 0 Å². The Hall–Kier alpha value is -3.41. The van der Waals surface area contributed by atoms with Gasteiger partial charge >= 0.3 is 0 Å². The van der Waals surface area contributed by atoms with Gasteiger partial charge in [0.1, 0.15) is 17.2 Å². The first kappa shape index (κ1) is 25.7. The zero-order valence-corrected chi connectivity index (χ0v) is 21.3. The lowest BCUT2D eigenvalue weighted by molar-refractivity contribution is 0.0780. The Labute approximate surface area is 212 Å². The zero-order valence-electron chi connectivity index (χ0n) is 20.5. The lowest BCUT2D eigenvalue weighted by Crippen LogP contribution is -2.35. The van der Waals surface area contributed by atoms with Gasteiger partial charge in [0, 0.05) is 50.9 Å². The molecule has 4 rings (SSSR count). The minimum atomic E-state index is -2.65. The number of aliphatic imine (C=N–C) groups is 1. The highest BCUT2D eigenvalue weighted by atomic mass is 32.2. The second-order valence-corrected chi connectivity index (χ2v) is 9.80. The van der Waals surface area contributed by atoms with Crippen molar-refractivity contribution in [1.29, 1.82) is 0 Å². The number of aromatic nitrogens is 1. The van der Waals surface area contributed by atoms with Crippen LogP contribution in [0.5, 0.6) is 0 Å². The normalized spacial score (nSPS) is 22.6. The molecule has 1 fully saturated rings. The zero-order chi connectivity index (χ0) is 26.0. The number of ether oxygens (including phenoxy) is 1. The molecule has 12 heteroatoms. The molecule has 3 aliphatic rings. The van der Waals surface area contributed by atoms with Crippen molar-refractivity contribution in [2.75, 3.05) is 28.3 Å². The van der Waals surface area contributed by atoms with E-state index in [1.165, 1.54) is 48.5 Å². The number of pyridine rings is 1. The van der Waals surface area contributed by atoms with Gasteiger partial charge in [-0.1, -0.05) is 11.8 Å². The summed E-state index contributed by atoms with van der Waals surface area (Å²) in [5.41, 5.74) is 7.72. The number of nitrogens with two attached hydrogens (primary N) is 1. The summed E-state index contributed by atoms with van der Waals surface area (Å²) in [6, 6.07) is 0.397. The quantitative estimate of drug-likeness (QED) is 0.536. The number of allylic oxidation sites excluding steroid dienone is 2. The maximum absolute atomic E-state index is 13.8. The van der Waals surface area contributed by atoms with Gasteiger partial charge in [-0.3, -0.25) is 25.1 Å². The Kier molecular flexibility index (Phi) is 7.62. The van der Waals surface area contributed by atoms with Crippen LogP contribution in [-0.2, 0) is 4.74 Å². The summed E-state index contributed by atoms with van der Waals surface area (Å²) in [7, 11) is 6.48. The summed E-state index contributed by atoms with van der Waals surface area (Å²) in [6.45, 7) is 0. The van der Waals surface area contributed by atoms with Crippen LogP contribution in [-0.4, -0.2) is 78.3 Å². The number of hydrogen-bond acceptors (Lipinski definition) is 9. The first-order valence-electron chi connectivity index (χ1n) is 11.4. The molecule has 1 aromatic rings. The minimum absolute atomic E-state index is 0.184. The highest BCUT2D eigenvalue weighted by Crippen LogP contribution is 2.43. The SMILES string of the molecule is CN=C/C=C(\N)c1cc(C2=CC(C(F)F)N(C)C=C2OC)c(C(=O)NC2=NN(C)C(C3CC3)S2)cn1. The van der Waals surface area contributed by atoms with Crippen molar-refractivity contribution in [1.82, 2.24) is 20.2 Å². The molecule has 3 heterocycles. The number of nitrogens with one attached hydrogen (secondary N) is 1. The van der Waals surface area contributed by atoms with Crippen molar-refractivity contribution in [3.05, 3.63) is 53.2 Å². The van der Waals surface area contributed by atoms with E-state index in [4.69, 9.17) is 10.5 Å². The molecule has 3 N–H and O–H groups in total. The number of rotatable bonds is 7. The maximum atomic E-state index is 13.8. The van der Waals surface area contributed by atoms with Crippen molar-refractivity contribution in [3.8, 4) is 0 Å². The molecular weight excluding hydrogens is 488 g/mol. The first-order chi connectivity index (χ1) is 17.2. The van der Waals surface area contributed by atoms with E-state index in [1.54, 1.807) is 26.2 Å². The molecule has 1 amide bonds. The Bertz CT molecular complexity index is 1180. The van der Waals surface area contributed by atoms with Gasteiger partial charge in [0.25, 0.3) is 12.3 Å². The molecule has 192 valence electrons. The molecule has 0 bridgehead atoms. The number of amides is 1. The van der Waals surface area contributed by atoms with Crippen LogP contribution in [0.1, 0.15) is 34.5 Å². The van der Waals surface area contributed by atoms with E-state index in [0.717, 1.165) is 12.8 Å². The number of hydrazone groups is 1. The fourth-order valence-electron chi connectivity index (χ4n) is 4.02. The van der Waals surface area contributed by atoms with Gasteiger partial charge < -0.3 is 15.4 Å². The van der Waals surface area contributed by atoms with Gasteiger partial charge in [-0.15, -0.1) is 0 Å². The Balaban J connectivity index is 1.74. The fourth-order valence-corrected chi connectivity index (χ4v) is 5.24. The second-order valence-electron chi connectivity index (χ2n) is 8.69. The lowest BCUT2D eigenvalue weighted by atomic mass is 9.94. The smallest absolute Gasteiger partial charge is 0.262 e. The fraction of sp³-hybridized carbons (Fsp3) is 0.417. The number of carbonyl (C=O) groups is 1. The van der Waals surface area contributed by atoms with E-state index in [0.29, 0.717) is 39.4 Å². The Morgan fingerprint density at radius 1 is 1.39 bits per heavy atom. The number of methoxy groups -OCH3 is 1. The number of likely N-dealkylation sites (N-methyl/N-ethyl adjacent to an activating group) is 1. The molecule has 0 saturated heterocycles. The third-order valence-electron chi connectivity index (χ3n) is 6.10. The molecule has 0 radical (unpaired) electrons. The van der Waals surface area contributed by atoms with Crippen LogP contribution < -0.4 is 11.1 Å². The third kappa shape index (κ3) is 5.38. The van der Waals surface area contributed by atoms with Gasteiger partial charge in [0.15, 0.2) is 5.17 Å². The van der Waals surface area contributed by atoms with Crippen molar-refractivity contribution in [3.63, 3.8) is 0 Å². The molecule has 2 aliphatic heterocycles. The molecule has 2 unspecified atom stereocenters. The average molecular weight is 518 g/mol. The minimum Gasteiger partial charge on any atom is -0.495 e. The van der Waals surface area contributed by atoms with Gasteiger partial charge in [-0.2, -0.15) is 5.10 Å². The molecular formula is C24H29F2N7O2S. The molecule has 9 nitrogen and oxygen atoms in total. The van der Waals surface area contributed by atoms with E-state index < -0.39 is 18.4 Å². The monoisotopic (exact) mass is 517 g/mol. The maximum Gasteiger partial charge on any atom is 0.262 e. The van der Waals surface area contributed by atoms with E-state index in [-0.39, 0.29) is 10.9 Å². The lowest BCUT2D eigenvalue weighted by Gasteiger charge is -2.30. The molecule has 0 aromatic carbocycles. The van der Waals surface area contributed by atoms with Crippen LogP contribution in [0.2, 0.25) is 0 Å². The molecule has 36 heavy (non-hydrogen) atoms. The summed E-state index contributed by atoms with van der Waals surface area (Å²) in [4.78, 5) is 23.0. The van der Waals surface area contributed by atoms with E-state index in [9.17, 15) is 13.6 Å². The van der Waals surface area contributed by atoms with Crippen LogP contribution in [0.4, 0.5) is 8.78 Å². The molecule has 2 atom stereocenters. The van der Waals surface area contributed by atoms with E-state index >= 15 is 0 Å². The number of halogens is 2. The molecule has 1 aliphatic carbocycles. The number of hydrogen-bond donors (Lipinski definition) is 2. The predicted octanol–water partition coefficient (Wildman–Crippen LogP) is 2.95. The van der Waals surface area contributed by atoms with Crippen LogP contribution in [0.3, 0.4) is 0 Å². The van der Waals surface area contributed by atoms with Crippen LogP contribution in [0, 0.1) is 5.92 Å². The van der Waals surface area contributed by atoms with Crippen LogP contribution in [0.15, 0.2) is 46.5 Å². The van der Waals surface area contributed by atoms with Gasteiger partial charge in [-0.05, 0) is 37.0 Å². The summed E-state index contributed by atoms with van der Waals surface area (Å²) >= 11 is 1.50. The Morgan fingerprint density at radius 2 is 2.14 bits per heavy atom. The summed E-state index contributed by atoms with van der Waals surface area (Å²) in [5.74, 6) is 0.433. The van der Waals surface area contributed by atoms with E-state index in [2.05, 4.69) is 20.4 Å². The van der Waals surface area contributed by atoms with Gasteiger partial charge in [-0.25, -0.2) is 8.78 Å². The standard InChI is InChI=1S/C24H29F2N7O2S/c1-28-8-7-17(27)18-9-14(15-10-19(21(25)26)32(2)12-20(15)35-4)16(11-29-18)22(34)30-24-31-33(3)23(36-24)13-5-6-13/h7-13,19,21,23H,5-6,27H2,1-4H3,(H,30,31,34)/b17-7-,28-8?. The van der Waals surface area contributed by atoms with Crippen molar-refractivity contribution >= 4 is 40.3 Å². The van der Waals surface area contributed by atoms with Crippen molar-refractivity contribution in [2.45, 2.75) is 30.7 Å². The molecule has 0 spiro atoms. The molecule has 1 saturated carbocycles. The van der Waals surface area contributed by atoms with Crippen molar-refractivity contribution in [2.24, 2.45) is 21.7 Å². The molecule has 1 aromatic heterocycles. The largest absolute Gasteiger partial charge is 0.495 e. The van der Waals surface area contributed by atoms with Crippen LogP contribution >= 0.6 is 11.8 Å². The van der Waals surface area contributed by atoms with Crippen molar-refractivity contribution < 1.29 is 18.3 Å². The highest BCUT2D eigenvalue weighted by Gasteiger charge is 2.39. The second kappa shape index (κ2) is 10.7.